The van der Waals surface area contributed by atoms with Crippen LogP contribution in [0.25, 0.3) is 11.0 Å². The maximum Gasteiger partial charge on any atom is 0.222 e. The van der Waals surface area contributed by atoms with Gasteiger partial charge in [-0.2, -0.15) is 0 Å². The Kier molecular flexibility index (Phi) is 4.56. The zero-order valence-corrected chi connectivity index (χ0v) is 13.5. The Morgan fingerprint density at radius 1 is 1.52 bits per heavy atom. The van der Waals surface area contributed by atoms with Gasteiger partial charge in [0.15, 0.2) is 5.82 Å². The molecule has 0 saturated carbocycles. The van der Waals surface area contributed by atoms with Crippen LogP contribution in [0.15, 0.2) is 12.5 Å². The number of rotatable bonds is 4. The van der Waals surface area contributed by atoms with E-state index >= 15 is 0 Å². The van der Waals surface area contributed by atoms with E-state index in [0.717, 1.165) is 13.0 Å². The zero-order valence-electron chi connectivity index (χ0n) is 13.5. The number of H-pyrrole nitrogens is 1. The molecule has 3 heterocycles. The number of nitrogens with zero attached hydrogens (tertiary/aromatic N) is 3. The van der Waals surface area contributed by atoms with Crippen molar-refractivity contribution >= 4 is 16.9 Å². The van der Waals surface area contributed by atoms with Crippen LogP contribution >= 0.6 is 0 Å². The molecular formula is C16H22FN5O. The van der Waals surface area contributed by atoms with E-state index < -0.39 is 0 Å². The predicted molar refractivity (Wildman–Crippen MR) is 85.1 cm³/mol. The molecule has 1 fully saturated rings. The average Bonchev–Trinajstić information content (AvgIpc) is 2.95. The van der Waals surface area contributed by atoms with E-state index in [1.165, 1.54) is 12.5 Å². The number of fused-ring (bicyclic) bond motifs is 1. The van der Waals surface area contributed by atoms with Crippen molar-refractivity contribution in [2.24, 2.45) is 5.92 Å². The van der Waals surface area contributed by atoms with Gasteiger partial charge in [-0.15, -0.1) is 0 Å². The van der Waals surface area contributed by atoms with E-state index in [2.05, 4.69) is 27.2 Å². The topological polar surface area (TPSA) is 73.9 Å². The summed E-state index contributed by atoms with van der Waals surface area (Å²) in [5.74, 6) is 0.311. The van der Waals surface area contributed by atoms with Crippen LogP contribution in [0.5, 0.6) is 0 Å². The highest BCUT2D eigenvalue weighted by Crippen LogP contribution is 2.20. The Hall–Kier alpha value is -2.02. The SMILES string of the molecule is CCC(=O)N1CC[C@@H](C)[C@@H](NCc2ncnc3[nH]cc(F)c23)C1. The smallest absolute Gasteiger partial charge is 0.222 e. The predicted octanol–water partition coefficient (Wildman–Crippen LogP) is 1.83. The van der Waals surface area contributed by atoms with E-state index in [0.29, 0.717) is 42.2 Å². The summed E-state index contributed by atoms with van der Waals surface area (Å²) in [5.41, 5.74) is 1.15. The van der Waals surface area contributed by atoms with Crippen LogP contribution in [0.1, 0.15) is 32.4 Å². The van der Waals surface area contributed by atoms with Crippen LogP contribution in [0.4, 0.5) is 4.39 Å². The van der Waals surface area contributed by atoms with Crippen LogP contribution in [-0.4, -0.2) is 44.9 Å². The lowest BCUT2D eigenvalue weighted by Gasteiger charge is -2.37. The molecule has 2 aromatic rings. The van der Waals surface area contributed by atoms with Crippen LogP contribution in [0.3, 0.4) is 0 Å². The van der Waals surface area contributed by atoms with Crippen molar-refractivity contribution in [3.63, 3.8) is 0 Å². The minimum Gasteiger partial charge on any atom is -0.343 e. The van der Waals surface area contributed by atoms with Gasteiger partial charge in [-0.1, -0.05) is 13.8 Å². The molecule has 6 nitrogen and oxygen atoms in total. The lowest BCUT2D eigenvalue weighted by Crippen LogP contribution is -2.51. The molecule has 1 aliphatic rings. The molecule has 7 heteroatoms. The van der Waals surface area contributed by atoms with E-state index in [-0.39, 0.29) is 17.8 Å². The monoisotopic (exact) mass is 319 g/mol. The molecule has 2 N–H and O–H groups in total. The fraction of sp³-hybridized carbons (Fsp3) is 0.562. The minimum atomic E-state index is -0.336. The van der Waals surface area contributed by atoms with Gasteiger partial charge in [0.1, 0.15) is 12.0 Å². The largest absolute Gasteiger partial charge is 0.343 e. The quantitative estimate of drug-likeness (QED) is 0.902. The third-order valence-corrected chi connectivity index (χ3v) is 4.65. The summed E-state index contributed by atoms with van der Waals surface area (Å²) in [7, 11) is 0. The number of hydrogen-bond donors (Lipinski definition) is 2. The number of nitrogens with one attached hydrogen (secondary N) is 2. The molecule has 1 amide bonds. The summed E-state index contributed by atoms with van der Waals surface area (Å²) in [5, 5.41) is 3.88. The molecule has 0 unspecified atom stereocenters. The van der Waals surface area contributed by atoms with Gasteiger partial charge >= 0.3 is 0 Å². The second kappa shape index (κ2) is 6.62. The summed E-state index contributed by atoms with van der Waals surface area (Å²) < 4.78 is 13.9. The van der Waals surface area contributed by atoms with Gasteiger partial charge in [0.05, 0.1) is 11.1 Å². The van der Waals surface area contributed by atoms with Crippen molar-refractivity contribution in [3.8, 4) is 0 Å². The summed E-state index contributed by atoms with van der Waals surface area (Å²) in [6.45, 7) is 6.03. The lowest BCUT2D eigenvalue weighted by molar-refractivity contribution is -0.132. The van der Waals surface area contributed by atoms with Crippen LogP contribution in [-0.2, 0) is 11.3 Å². The molecule has 0 spiro atoms. The molecule has 3 rings (SSSR count). The van der Waals surface area contributed by atoms with Gasteiger partial charge in [-0.25, -0.2) is 14.4 Å². The van der Waals surface area contributed by atoms with E-state index in [9.17, 15) is 9.18 Å². The first-order valence-electron chi connectivity index (χ1n) is 8.07. The number of amides is 1. The molecule has 2 aromatic heterocycles. The van der Waals surface area contributed by atoms with E-state index in [1.54, 1.807) is 0 Å². The van der Waals surface area contributed by atoms with E-state index in [4.69, 9.17) is 0 Å². The molecule has 0 radical (unpaired) electrons. The van der Waals surface area contributed by atoms with E-state index in [1.807, 2.05) is 11.8 Å². The molecule has 124 valence electrons. The number of piperidine rings is 1. The fourth-order valence-electron chi connectivity index (χ4n) is 3.13. The van der Waals surface area contributed by atoms with Gasteiger partial charge in [0, 0.05) is 38.3 Å². The maximum atomic E-state index is 13.9. The van der Waals surface area contributed by atoms with Crippen molar-refractivity contribution < 1.29 is 9.18 Å². The van der Waals surface area contributed by atoms with Crippen molar-refractivity contribution in [1.29, 1.82) is 0 Å². The second-order valence-corrected chi connectivity index (χ2v) is 6.13. The fourth-order valence-corrected chi connectivity index (χ4v) is 3.13. The van der Waals surface area contributed by atoms with Gasteiger partial charge in [-0.3, -0.25) is 4.79 Å². The third-order valence-electron chi connectivity index (χ3n) is 4.65. The standard InChI is InChI=1S/C16H22FN5O/c1-3-14(23)22-5-4-10(2)13(8-22)18-7-12-15-11(17)6-19-16(15)21-9-20-12/h6,9-10,13,18H,3-5,7-8H2,1-2H3,(H,19,20,21)/t10-,13+/m1/s1. The summed E-state index contributed by atoms with van der Waals surface area (Å²) in [4.78, 5) is 24.8. The Labute approximate surface area is 134 Å². The van der Waals surface area contributed by atoms with Gasteiger partial charge in [0.25, 0.3) is 0 Å². The normalized spacial score (nSPS) is 21.8. The highest BCUT2D eigenvalue weighted by molar-refractivity contribution is 5.78. The van der Waals surface area contributed by atoms with Crippen molar-refractivity contribution in [2.45, 2.75) is 39.3 Å². The Morgan fingerprint density at radius 2 is 2.35 bits per heavy atom. The summed E-state index contributed by atoms with van der Waals surface area (Å²) in [6, 6.07) is 0.186. The summed E-state index contributed by atoms with van der Waals surface area (Å²) >= 11 is 0. The molecule has 23 heavy (non-hydrogen) atoms. The first-order valence-corrected chi connectivity index (χ1v) is 8.07. The molecule has 1 aliphatic heterocycles. The molecule has 1 saturated heterocycles. The number of aromatic nitrogens is 3. The molecular weight excluding hydrogens is 297 g/mol. The minimum absolute atomic E-state index is 0.185. The first kappa shape index (κ1) is 15.9. The van der Waals surface area contributed by atoms with Crippen LogP contribution in [0.2, 0.25) is 0 Å². The Bertz CT molecular complexity index is 701. The van der Waals surface area contributed by atoms with Gasteiger partial charge in [0.2, 0.25) is 5.91 Å². The number of aromatic amines is 1. The number of carbonyl (C=O) groups excluding carboxylic acids is 1. The Morgan fingerprint density at radius 3 is 3.13 bits per heavy atom. The van der Waals surface area contributed by atoms with Gasteiger partial charge < -0.3 is 15.2 Å². The highest BCUT2D eigenvalue weighted by Gasteiger charge is 2.28. The molecule has 0 aliphatic carbocycles. The third kappa shape index (κ3) is 3.19. The highest BCUT2D eigenvalue weighted by atomic mass is 19.1. The first-order chi connectivity index (χ1) is 11.1. The van der Waals surface area contributed by atoms with Crippen molar-refractivity contribution in [2.75, 3.05) is 13.1 Å². The van der Waals surface area contributed by atoms with Crippen molar-refractivity contribution in [1.82, 2.24) is 25.2 Å². The van der Waals surface area contributed by atoms with Gasteiger partial charge in [-0.05, 0) is 12.3 Å². The number of carbonyl (C=O) groups is 1. The van der Waals surface area contributed by atoms with Crippen molar-refractivity contribution in [3.05, 3.63) is 24.0 Å². The number of likely N-dealkylation sites (tertiary alicyclic amines) is 1. The average molecular weight is 319 g/mol. The van der Waals surface area contributed by atoms with Crippen LogP contribution < -0.4 is 5.32 Å². The maximum absolute atomic E-state index is 13.9. The summed E-state index contributed by atoms with van der Waals surface area (Å²) in [6.07, 6.45) is 4.24. The molecule has 0 bridgehead atoms. The van der Waals surface area contributed by atoms with Crippen LogP contribution in [0, 0.1) is 11.7 Å². The lowest BCUT2D eigenvalue weighted by atomic mass is 9.93. The molecule has 0 aromatic carbocycles. The number of halogens is 1. The zero-order chi connectivity index (χ0) is 16.4. The second-order valence-electron chi connectivity index (χ2n) is 6.13. The molecule has 2 atom stereocenters. The number of hydrogen-bond acceptors (Lipinski definition) is 4. The Balaban J connectivity index is 1.71.